The fraction of sp³-hybridized carbons (Fsp3) is 0.588. The van der Waals surface area contributed by atoms with Gasteiger partial charge in [-0.05, 0) is 36.6 Å². The molecule has 0 aromatic heterocycles. The highest BCUT2D eigenvalue weighted by atomic mass is 19.1. The lowest BCUT2D eigenvalue weighted by Gasteiger charge is -2.37. The van der Waals surface area contributed by atoms with Gasteiger partial charge >= 0.3 is 0 Å². The third-order valence-corrected chi connectivity index (χ3v) is 4.52. The maximum absolute atomic E-state index is 13.0. The Kier molecular flexibility index (Phi) is 4.80. The minimum Gasteiger partial charge on any atom is -0.368 e. The fourth-order valence-electron chi connectivity index (χ4n) is 2.96. The van der Waals surface area contributed by atoms with Crippen LogP contribution in [0.2, 0.25) is 0 Å². The zero-order valence-electron chi connectivity index (χ0n) is 13.3. The number of piperazine rings is 1. The van der Waals surface area contributed by atoms with E-state index in [9.17, 15) is 4.39 Å². The normalized spacial score (nSPS) is 19.5. The van der Waals surface area contributed by atoms with E-state index in [0.717, 1.165) is 50.3 Å². The molecule has 1 saturated carbocycles. The van der Waals surface area contributed by atoms with Crippen LogP contribution in [0.5, 0.6) is 0 Å². The van der Waals surface area contributed by atoms with E-state index in [4.69, 9.17) is 0 Å². The number of benzene rings is 1. The number of rotatable bonds is 4. The quantitative estimate of drug-likeness (QED) is 0.684. The van der Waals surface area contributed by atoms with E-state index >= 15 is 0 Å². The molecule has 1 aliphatic carbocycles. The Bertz CT molecular complexity index is 502. The SMILES string of the molecule is CN=C(NCCC1CC1)N1CCN(c2ccc(F)cc2)CC1. The van der Waals surface area contributed by atoms with Crippen molar-refractivity contribution in [3.8, 4) is 0 Å². The summed E-state index contributed by atoms with van der Waals surface area (Å²) in [5.74, 6) is 1.78. The summed E-state index contributed by atoms with van der Waals surface area (Å²) in [7, 11) is 1.85. The van der Waals surface area contributed by atoms with Gasteiger partial charge in [0.1, 0.15) is 5.82 Å². The van der Waals surface area contributed by atoms with Crippen molar-refractivity contribution in [3.05, 3.63) is 30.1 Å². The van der Waals surface area contributed by atoms with Crippen molar-refractivity contribution >= 4 is 11.6 Å². The van der Waals surface area contributed by atoms with Crippen molar-refractivity contribution in [3.63, 3.8) is 0 Å². The largest absolute Gasteiger partial charge is 0.368 e. The second-order valence-corrected chi connectivity index (χ2v) is 6.16. The van der Waals surface area contributed by atoms with Crippen LogP contribution in [-0.2, 0) is 0 Å². The first-order chi connectivity index (χ1) is 10.8. The van der Waals surface area contributed by atoms with Gasteiger partial charge in [-0.2, -0.15) is 0 Å². The number of aliphatic imine (C=N–C) groups is 1. The molecule has 0 atom stereocenters. The van der Waals surface area contributed by atoms with E-state index < -0.39 is 0 Å². The lowest BCUT2D eigenvalue weighted by atomic mass is 10.2. The van der Waals surface area contributed by atoms with Gasteiger partial charge in [0.05, 0.1) is 0 Å². The third-order valence-electron chi connectivity index (χ3n) is 4.52. The average Bonchev–Trinajstić information content (AvgIpc) is 3.37. The van der Waals surface area contributed by atoms with Crippen LogP contribution in [0.4, 0.5) is 10.1 Å². The summed E-state index contributed by atoms with van der Waals surface area (Å²) >= 11 is 0. The Morgan fingerprint density at radius 2 is 1.86 bits per heavy atom. The van der Waals surface area contributed by atoms with Crippen LogP contribution in [-0.4, -0.2) is 50.6 Å². The van der Waals surface area contributed by atoms with Crippen molar-refractivity contribution in [1.82, 2.24) is 10.2 Å². The number of nitrogens with one attached hydrogen (secondary N) is 1. The topological polar surface area (TPSA) is 30.9 Å². The average molecular weight is 304 g/mol. The number of hydrogen-bond donors (Lipinski definition) is 1. The second kappa shape index (κ2) is 6.99. The molecule has 0 radical (unpaired) electrons. The molecule has 1 heterocycles. The van der Waals surface area contributed by atoms with Gasteiger partial charge in [0, 0.05) is 45.5 Å². The molecule has 120 valence electrons. The summed E-state index contributed by atoms with van der Waals surface area (Å²) < 4.78 is 13.0. The first kappa shape index (κ1) is 15.1. The van der Waals surface area contributed by atoms with Gasteiger partial charge in [-0.3, -0.25) is 4.99 Å². The van der Waals surface area contributed by atoms with Crippen LogP contribution in [0.15, 0.2) is 29.3 Å². The molecule has 3 rings (SSSR count). The molecule has 0 bridgehead atoms. The fourth-order valence-corrected chi connectivity index (χ4v) is 2.96. The minimum atomic E-state index is -0.178. The monoisotopic (exact) mass is 304 g/mol. The van der Waals surface area contributed by atoms with E-state index in [1.165, 1.54) is 31.4 Å². The lowest BCUT2D eigenvalue weighted by Crippen LogP contribution is -2.52. The summed E-state index contributed by atoms with van der Waals surface area (Å²) in [6.45, 7) is 4.79. The van der Waals surface area contributed by atoms with Crippen molar-refractivity contribution in [1.29, 1.82) is 0 Å². The Hall–Kier alpha value is -1.78. The maximum Gasteiger partial charge on any atom is 0.193 e. The van der Waals surface area contributed by atoms with Crippen LogP contribution in [0.25, 0.3) is 0 Å². The molecule has 2 aliphatic rings. The van der Waals surface area contributed by atoms with E-state index in [-0.39, 0.29) is 5.82 Å². The summed E-state index contributed by atoms with van der Waals surface area (Å²) in [4.78, 5) is 9.01. The van der Waals surface area contributed by atoms with Gasteiger partial charge in [0.25, 0.3) is 0 Å². The highest BCUT2D eigenvalue weighted by Crippen LogP contribution is 2.31. The van der Waals surface area contributed by atoms with Crippen LogP contribution in [0.3, 0.4) is 0 Å². The summed E-state index contributed by atoms with van der Waals surface area (Å²) in [5.41, 5.74) is 1.10. The number of nitrogens with zero attached hydrogens (tertiary/aromatic N) is 3. The molecule has 0 unspecified atom stereocenters. The predicted molar refractivity (Wildman–Crippen MR) is 88.9 cm³/mol. The van der Waals surface area contributed by atoms with Crippen molar-refractivity contribution in [2.24, 2.45) is 10.9 Å². The minimum absolute atomic E-state index is 0.178. The highest BCUT2D eigenvalue weighted by Gasteiger charge is 2.22. The van der Waals surface area contributed by atoms with Gasteiger partial charge < -0.3 is 15.1 Å². The van der Waals surface area contributed by atoms with E-state index in [1.807, 2.05) is 19.2 Å². The van der Waals surface area contributed by atoms with Crippen LogP contribution in [0.1, 0.15) is 19.3 Å². The molecular weight excluding hydrogens is 279 g/mol. The summed E-state index contributed by atoms with van der Waals surface area (Å²) in [5, 5.41) is 3.48. The third kappa shape index (κ3) is 3.90. The molecule has 1 aliphatic heterocycles. The Morgan fingerprint density at radius 3 is 2.45 bits per heavy atom. The smallest absolute Gasteiger partial charge is 0.193 e. The van der Waals surface area contributed by atoms with Gasteiger partial charge in [0.15, 0.2) is 5.96 Å². The van der Waals surface area contributed by atoms with Crippen LogP contribution < -0.4 is 10.2 Å². The van der Waals surface area contributed by atoms with Gasteiger partial charge in [0.2, 0.25) is 0 Å². The van der Waals surface area contributed by atoms with E-state index in [0.29, 0.717) is 0 Å². The standard InChI is InChI=1S/C17H25FN4/c1-19-17(20-9-8-14-2-3-14)22-12-10-21(11-13-22)16-6-4-15(18)5-7-16/h4-7,14H,2-3,8-13H2,1H3,(H,19,20). The molecule has 22 heavy (non-hydrogen) atoms. The Labute approximate surface area is 132 Å². The van der Waals surface area contributed by atoms with Crippen molar-refractivity contribution < 1.29 is 4.39 Å². The number of guanidine groups is 1. The summed E-state index contributed by atoms with van der Waals surface area (Å²) in [6.07, 6.45) is 4.06. The molecule has 0 amide bonds. The predicted octanol–water partition coefficient (Wildman–Crippen LogP) is 2.32. The number of halogens is 1. The molecule has 5 heteroatoms. The van der Waals surface area contributed by atoms with Crippen LogP contribution in [0, 0.1) is 11.7 Å². The molecule has 1 N–H and O–H groups in total. The zero-order chi connectivity index (χ0) is 15.4. The van der Waals surface area contributed by atoms with Gasteiger partial charge in [-0.15, -0.1) is 0 Å². The van der Waals surface area contributed by atoms with Gasteiger partial charge in [-0.25, -0.2) is 4.39 Å². The number of anilines is 1. The molecule has 4 nitrogen and oxygen atoms in total. The Morgan fingerprint density at radius 1 is 1.18 bits per heavy atom. The first-order valence-corrected chi connectivity index (χ1v) is 8.22. The van der Waals surface area contributed by atoms with Crippen LogP contribution >= 0.6 is 0 Å². The maximum atomic E-state index is 13.0. The molecule has 0 spiro atoms. The first-order valence-electron chi connectivity index (χ1n) is 8.22. The Balaban J connectivity index is 1.48. The molecular formula is C17H25FN4. The molecule has 1 aromatic carbocycles. The zero-order valence-corrected chi connectivity index (χ0v) is 13.3. The number of hydrogen-bond acceptors (Lipinski definition) is 2. The lowest BCUT2D eigenvalue weighted by molar-refractivity contribution is 0.372. The van der Waals surface area contributed by atoms with Crippen molar-refractivity contribution in [2.75, 3.05) is 44.7 Å². The highest BCUT2D eigenvalue weighted by molar-refractivity contribution is 5.80. The van der Waals surface area contributed by atoms with Gasteiger partial charge in [-0.1, -0.05) is 12.8 Å². The van der Waals surface area contributed by atoms with E-state index in [2.05, 4.69) is 20.1 Å². The molecule has 2 fully saturated rings. The summed E-state index contributed by atoms with van der Waals surface area (Å²) in [6, 6.07) is 6.77. The van der Waals surface area contributed by atoms with Crippen molar-refractivity contribution in [2.45, 2.75) is 19.3 Å². The van der Waals surface area contributed by atoms with E-state index in [1.54, 1.807) is 0 Å². The molecule has 1 saturated heterocycles. The molecule has 1 aromatic rings. The second-order valence-electron chi connectivity index (χ2n) is 6.16.